The van der Waals surface area contributed by atoms with Gasteiger partial charge >= 0.3 is 0 Å². The van der Waals surface area contributed by atoms with E-state index in [4.69, 9.17) is 5.73 Å². The van der Waals surface area contributed by atoms with Crippen molar-refractivity contribution in [3.63, 3.8) is 0 Å². The highest BCUT2D eigenvalue weighted by atomic mass is 32.2. The van der Waals surface area contributed by atoms with Crippen LogP contribution in [0.1, 0.15) is 31.8 Å². The van der Waals surface area contributed by atoms with Crippen molar-refractivity contribution in [2.24, 2.45) is 5.73 Å². The van der Waals surface area contributed by atoms with Crippen LogP contribution in [0.2, 0.25) is 0 Å². The molecule has 0 bridgehead atoms. The Hall–Kier alpha value is -0.620. The maximum atomic E-state index is 5.72. The first-order valence-corrected chi connectivity index (χ1v) is 5.58. The van der Waals surface area contributed by atoms with Crippen molar-refractivity contribution in [1.29, 1.82) is 0 Å². The molecule has 1 heterocycles. The van der Waals surface area contributed by atoms with Gasteiger partial charge in [0.2, 0.25) is 0 Å². The molecule has 0 aliphatic rings. The molecule has 13 heavy (non-hydrogen) atoms. The summed E-state index contributed by atoms with van der Waals surface area (Å²) in [6.45, 7) is 3.97. The Morgan fingerprint density at radius 3 is 2.77 bits per heavy atom. The quantitative estimate of drug-likeness (QED) is 0.773. The second kappa shape index (κ2) is 4.57. The van der Waals surface area contributed by atoms with Crippen molar-refractivity contribution >= 4 is 11.8 Å². The van der Waals surface area contributed by atoms with Gasteiger partial charge in [0.1, 0.15) is 0 Å². The lowest BCUT2D eigenvalue weighted by Gasteiger charge is -2.13. The van der Waals surface area contributed by atoms with E-state index in [2.05, 4.69) is 28.7 Å². The van der Waals surface area contributed by atoms with Gasteiger partial charge in [-0.3, -0.25) is 0 Å². The van der Waals surface area contributed by atoms with Gasteiger partial charge in [-0.2, -0.15) is 11.8 Å². The number of nitrogens with zero attached hydrogens (tertiary/aromatic N) is 4. The first kappa shape index (κ1) is 10.5. The minimum atomic E-state index is -0.112. The average molecular weight is 201 g/mol. The molecule has 5 nitrogen and oxygen atoms in total. The number of thioether (sulfide) groups is 1. The second-order valence-electron chi connectivity index (χ2n) is 3.07. The van der Waals surface area contributed by atoms with Crippen LogP contribution in [-0.2, 0) is 0 Å². The van der Waals surface area contributed by atoms with E-state index in [1.54, 1.807) is 16.4 Å². The van der Waals surface area contributed by atoms with Crippen molar-refractivity contribution in [2.45, 2.75) is 25.9 Å². The molecule has 1 rings (SSSR count). The van der Waals surface area contributed by atoms with Crippen molar-refractivity contribution in [3.8, 4) is 0 Å². The molecule has 0 saturated heterocycles. The van der Waals surface area contributed by atoms with Gasteiger partial charge in [0, 0.05) is 5.75 Å². The van der Waals surface area contributed by atoms with E-state index in [1.807, 2.05) is 6.92 Å². The smallest absolute Gasteiger partial charge is 0.168 e. The van der Waals surface area contributed by atoms with E-state index in [0.717, 1.165) is 11.6 Å². The Morgan fingerprint density at radius 2 is 2.23 bits per heavy atom. The van der Waals surface area contributed by atoms with E-state index < -0.39 is 0 Å². The zero-order chi connectivity index (χ0) is 9.84. The molecule has 0 spiro atoms. The maximum absolute atomic E-state index is 5.72. The molecule has 0 radical (unpaired) electrons. The van der Waals surface area contributed by atoms with Crippen molar-refractivity contribution < 1.29 is 0 Å². The van der Waals surface area contributed by atoms with Gasteiger partial charge in [0.05, 0.1) is 12.1 Å². The molecule has 2 unspecified atom stereocenters. The van der Waals surface area contributed by atoms with Gasteiger partial charge in [0.25, 0.3) is 0 Å². The molecule has 2 N–H and O–H groups in total. The zero-order valence-electron chi connectivity index (χ0n) is 8.14. The summed E-state index contributed by atoms with van der Waals surface area (Å²) in [7, 11) is 0. The van der Waals surface area contributed by atoms with Crippen molar-refractivity contribution in [1.82, 2.24) is 20.2 Å². The Morgan fingerprint density at radius 1 is 1.54 bits per heavy atom. The van der Waals surface area contributed by atoms with Crippen LogP contribution in [0.15, 0.2) is 0 Å². The number of aromatic nitrogens is 4. The minimum Gasteiger partial charge on any atom is -0.322 e. The first-order valence-electron chi connectivity index (χ1n) is 4.19. The summed E-state index contributed by atoms with van der Waals surface area (Å²) in [5, 5.41) is 11.4. The monoisotopic (exact) mass is 201 g/mol. The van der Waals surface area contributed by atoms with Crippen LogP contribution in [0, 0.1) is 0 Å². The van der Waals surface area contributed by atoms with Gasteiger partial charge in [0.15, 0.2) is 5.82 Å². The highest BCUT2D eigenvalue weighted by Crippen LogP contribution is 2.14. The van der Waals surface area contributed by atoms with Crippen LogP contribution >= 0.6 is 11.8 Å². The lowest BCUT2D eigenvalue weighted by atomic mass is 10.3. The lowest BCUT2D eigenvalue weighted by molar-refractivity contribution is 0.486. The molecule has 0 amide bonds. The fraction of sp³-hybridized carbons (Fsp3) is 0.857. The van der Waals surface area contributed by atoms with E-state index in [9.17, 15) is 0 Å². The average Bonchev–Trinajstić information content (AvgIpc) is 2.52. The van der Waals surface area contributed by atoms with Crippen LogP contribution in [0.3, 0.4) is 0 Å². The lowest BCUT2D eigenvalue weighted by Crippen LogP contribution is -2.18. The molecule has 0 saturated carbocycles. The number of hydrogen-bond donors (Lipinski definition) is 1. The second-order valence-corrected chi connectivity index (χ2v) is 3.99. The van der Waals surface area contributed by atoms with Gasteiger partial charge in [-0.15, -0.1) is 5.10 Å². The van der Waals surface area contributed by atoms with E-state index >= 15 is 0 Å². The van der Waals surface area contributed by atoms with Gasteiger partial charge in [-0.25, -0.2) is 4.68 Å². The summed E-state index contributed by atoms with van der Waals surface area (Å²) in [6, 6.07) is 0.185. The summed E-state index contributed by atoms with van der Waals surface area (Å²) in [5.41, 5.74) is 5.72. The summed E-state index contributed by atoms with van der Waals surface area (Å²) < 4.78 is 1.79. The minimum absolute atomic E-state index is 0.112. The summed E-state index contributed by atoms with van der Waals surface area (Å²) in [5.74, 6) is 1.74. The molecule has 0 aliphatic heterocycles. The largest absolute Gasteiger partial charge is 0.322 e. The zero-order valence-corrected chi connectivity index (χ0v) is 8.95. The summed E-state index contributed by atoms with van der Waals surface area (Å²) in [6.07, 6.45) is 2.06. The third-order valence-electron chi connectivity index (χ3n) is 1.75. The molecular weight excluding hydrogens is 186 g/mol. The molecule has 1 aromatic heterocycles. The molecule has 74 valence electrons. The molecule has 1 aromatic rings. The third-order valence-corrected chi connectivity index (χ3v) is 2.57. The number of rotatable bonds is 4. The van der Waals surface area contributed by atoms with E-state index in [0.29, 0.717) is 6.04 Å². The summed E-state index contributed by atoms with van der Waals surface area (Å²) in [4.78, 5) is 0. The number of tetrazole rings is 1. The molecule has 6 heteroatoms. The topological polar surface area (TPSA) is 69.6 Å². The fourth-order valence-electron chi connectivity index (χ4n) is 1.13. The van der Waals surface area contributed by atoms with Crippen LogP contribution < -0.4 is 5.73 Å². The number of hydrogen-bond acceptors (Lipinski definition) is 5. The van der Waals surface area contributed by atoms with Gasteiger partial charge in [-0.05, 0) is 30.5 Å². The Balaban J connectivity index is 2.80. The molecule has 0 aliphatic carbocycles. The van der Waals surface area contributed by atoms with Crippen LogP contribution in [0.5, 0.6) is 0 Å². The van der Waals surface area contributed by atoms with E-state index in [-0.39, 0.29) is 6.04 Å². The Bertz CT molecular complexity index is 259. The highest BCUT2D eigenvalue weighted by molar-refractivity contribution is 7.98. The fourth-order valence-corrected chi connectivity index (χ4v) is 1.75. The first-order chi connectivity index (χ1) is 6.16. The van der Waals surface area contributed by atoms with Crippen molar-refractivity contribution in [2.75, 3.05) is 12.0 Å². The van der Waals surface area contributed by atoms with Crippen LogP contribution in [-0.4, -0.2) is 32.2 Å². The Kier molecular flexibility index (Phi) is 3.68. The van der Waals surface area contributed by atoms with E-state index in [1.165, 1.54) is 0 Å². The molecule has 0 aromatic carbocycles. The number of nitrogens with two attached hydrogens (primary N) is 1. The predicted octanol–water partition coefficient (Wildman–Crippen LogP) is 0.617. The van der Waals surface area contributed by atoms with Crippen LogP contribution in [0.4, 0.5) is 0 Å². The van der Waals surface area contributed by atoms with Crippen molar-refractivity contribution in [3.05, 3.63) is 5.82 Å². The van der Waals surface area contributed by atoms with Crippen LogP contribution in [0.25, 0.3) is 0 Å². The highest BCUT2D eigenvalue weighted by Gasteiger charge is 2.14. The molecular formula is C7H15N5S. The molecule has 0 fully saturated rings. The molecule has 2 atom stereocenters. The third kappa shape index (κ3) is 2.41. The van der Waals surface area contributed by atoms with Gasteiger partial charge in [-0.1, -0.05) is 0 Å². The summed E-state index contributed by atoms with van der Waals surface area (Å²) >= 11 is 1.77. The maximum Gasteiger partial charge on any atom is 0.168 e. The van der Waals surface area contributed by atoms with Gasteiger partial charge < -0.3 is 5.73 Å². The normalized spacial score (nSPS) is 15.7. The Labute approximate surface area is 82.1 Å². The standard InChI is InChI=1S/C7H15N5S/c1-5(4-13-3)12-7(6(2)8)9-10-11-12/h5-6H,4,8H2,1-3H3. The predicted molar refractivity (Wildman–Crippen MR) is 53.5 cm³/mol. The SMILES string of the molecule is CSCC(C)n1nnnc1C(C)N.